The van der Waals surface area contributed by atoms with E-state index in [-0.39, 0.29) is 5.91 Å². The van der Waals surface area contributed by atoms with Gasteiger partial charge in [-0.1, -0.05) is 0 Å². The summed E-state index contributed by atoms with van der Waals surface area (Å²) in [5.41, 5.74) is 5.81. The van der Waals surface area contributed by atoms with Crippen LogP contribution in [-0.2, 0) is 17.6 Å². The summed E-state index contributed by atoms with van der Waals surface area (Å²) in [7, 11) is 0. The Labute approximate surface area is 160 Å². The molecule has 6 heteroatoms. The molecule has 3 rings (SSSR count). The van der Waals surface area contributed by atoms with Crippen molar-refractivity contribution in [1.29, 1.82) is 0 Å². The monoisotopic (exact) mass is 371 g/mol. The third kappa shape index (κ3) is 3.29. The average Bonchev–Trinajstić information content (AvgIpc) is 2.96. The van der Waals surface area contributed by atoms with Crippen molar-refractivity contribution < 1.29 is 14.6 Å². The maximum absolute atomic E-state index is 12.9. The second-order valence-corrected chi connectivity index (χ2v) is 7.78. The molecule has 0 aliphatic carbocycles. The molecule has 0 bridgehead atoms. The first kappa shape index (κ1) is 19.3. The van der Waals surface area contributed by atoms with E-state index < -0.39 is 5.60 Å². The van der Waals surface area contributed by atoms with Gasteiger partial charge in [0, 0.05) is 24.2 Å². The van der Waals surface area contributed by atoms with Crippen LogP contribution in [0.15, 0.2) is 0 Å². The molecule has 1 unspecified atom stereocenters. The van der Waals surface area contributed by atoms with Crippen LogP contribution in [0, 0.1) is 34.6 Å². The van der Waals surface area contributed by atoms with Gasteiger partial charge in [0.1, 0.15) is 11.5 Å². The zero-order valence-electron chi connectivity index (χ0n) is 17.0. The molecular weight excluding hydrogens is 342 g/mol. The largest absolute Gasteiger partial charge is 0.507 e. The molecule has 6 nitrogen and oxygen atoms in total. The lowest BCUT2D eigenvalue weighted by atomic mass is 9.86. The maximum Gasteiger partial charge on any atom is 0.263 e. The first-order valence-electron chi connectivity index (χ1n) is 9.45. The van der Waals surface area contributed by atoms with E-state index in [2.05, 4.69) is 15.5 Å². The summed E-state index contributed by atoms with van der Waals surface area (Å²) in [6, 6.07) is 0. The van der Waals surface area contributed by atoms with E-state index in [4.69, 9.17) is 4.74 Å². The number of nitrogens with one attached hydrogen (secondary N) is 2. The fourth-order valence-electron chi connectivity index (χ4n) is 3.84. The molecule has 1 aromatic carbocycles. The molecule has 1 aliphatic rings. The quantitative estimate of drug-likeness (QED) is 0.771. The lowest BCUT2D eigenvalue weighted by molar-refractivity contribution is -0.136. The van der Waals surface area contributed by atoms with Crippen molar-refractivity contribution in [3.63, 3.8) is 0 Å². The highest BCUT2D eigenvalue weighted by molar-refractivity contribution is 5.85. The van der Waals surface area contributed by atoms with Gasteiger partial charge in [0.15, 0.2) is 5.60 Å². The molecule has 2 heterocycles. The third-order valence-corrected chi connectivity index (χ3v) is 5.94. The van der Waals surface area contributed by atoms with E-state index in [1.54, 1.807) is 0 Å². The van der Waals surface area contributed by atoms with Crippen molar-refractivity contribution in [2.24, 2.45) is 0 Å². The smallest absolute Gasteiger partial charge is 0.263 e. The Morgan fingerprint density at radius 1 is 1.22 bits per heavy atom. The Morgan fingerprint density at radius 3 is 2.56 bits per heavy atom. The minimum absolute atomic E-state index is 0.102. The predicted molar refractivity (Wildman–Crippen MR) is 104 cm³/mol. The molecule has 0 saturated carbocycles. The molecule has 0 radical (unpaired) electrons. The van der Waals surface area contributed by atoms with Gasteiger partial charge in [0.2, 0.25) is 0 Å². The number of nitrogens with zero attached hydrogens (tertiary/aromatic N) is 1. The number of hydrogen-bond donors (Lipinski definition) is 3. The summed E-state index contributed by atoms with van der Waals surface area (Å²) in [6.07, 6.45) is 2.02. The second kappa shape index (κ2) is 6.91. The van der Waals surface area contributed by atoms with E-state index in [0.29, 0.717) is 25.1 Å². The van der Waals surface area contributed by atoms with Crippen LogP contribution in [-0.4, -0.2) is 33.4 Å². The number of aromatic hydroxyl groups is 1. The molecule has 0 fully saturated rings. The molecule has 2 aromatic rings. The van der Waals surface area contributed by atoms with Gasteiger partial charge in [-0.2, -0.15) is 5.10 Å². The first-order valence-corrected chi connectivity index (χ1v) is 9.45. The molecule has 0 saturated heterocycles. The molecule has 146 valence electrons. The second-order valence-electron chi connectivity index (χ2n) is 7.78. The summed E-state index contributed by atoms with van der Waals surface area (Å²) in [5, 5.41) is 20.5. The zero-order valence-corrected chi connectivity index (χ0v) is 17.0. The van der Waals surface area contributed by atoms with Gasteiger partial charge in [-0.25, -0.2) is 0 Å². The van der Waals surface area contributed by atoms with Crippen LogP contribution in [0.3, 0.4) is 0 Å². The van der Waals surface area contributed by atoms with Gasteiger partial charge < -0.3 is 15.2 Å². The highest BCUT2D eigenvalue weighted by atomic mass is 16.5. The summed E-state index contributed by atoms with van der Waals surface area (Å²) < 4.78 is 6.22. The number of aryl methyl sites for hydroxylation is 2. The van der Waals surface area contributed by atoms with Gasteiger partial charge in [-0.05, 0) is 76.6 Å². The molecule has 1 atom stereocenters. The van der Waals surface area contributed by atoms with Crippen molar-refractivity contribution in [3.05, 3.63) is 39.2 Å². The standard InChI is InChI=1S/C21H29N3O3/c1-11-12(2)19-16(13(3)18(11)25)7-9-21(6,27-19)20(26)22-10-8-17-14(4)23-24-15(17)5/h25H,7-10H2,1-6H3,(H,22,26)(H,23,24). The topological polar surface area (TPSA) is 87.2 Å². The molecular formula is C21H29N3O3. The van der Waals surface area contributed by atoms with Crippen LogP contribution in [0.5, 0.6) is 11.5 Å². The lowest BCUT2D eigenvalue weighted by Gasteiger charge is -2.36. The number of phenolic OH excluding ortho intramolecular Hbond substituents is 1. The van der Waals surface area contributed by atoms with Gasteiger partial charge >= 0.3 is 0 Å². The van der Waals surface area contributed by atoms with Gasteiger partial charge in [0.25, 0.3) is 5.91 Å². The fourth-order valence-corrected chi connectivity index (χ4v) is 3.84. The van der Waals surface area contributed by atoms with E-state index in [9.17, 15) is 9.90 Å². The van der Waals surface area contributed by atoms with Crippen molar-refractivity contribution in [3.8, 4) is 11.5 Å². The normalized spacial score (nSPS) is 18.7. The van der Waals surface area contributed by atoms with Crippen molar-refractivity contribution in [2.45, 2.75) is 66.4 Å². The number of hydrogen-bond acceptors (Lipinski definition) is 4. The summed E-state index contributed by atoms with van der Waals surface area (Å²) >= 11 is 0. The minimum Gasteiger partial charge on any atom is -0.507 e. The van der Waals surface area contributed by atoms with Gasteiger partial charge in [-0.3, -0.25) is 9.89 Å². The number of ether oxygens (including phenoxy) is 1. The number of carbonyl (C=O) groups is 1. The Hall–Kier alpha value is -2.50. The van der Waals surface area contributed by atoms with Crippen molar-refractivity contribution in [1.82, 2.24) is 15.5 Å². The summed E-state index contributed by atoms with van der Waals surface area (Å²) in [4.78, 5) is 12.9. The molecule has 1 aliphatic heterocycles. The van der Waals surface area contributed by atoms with Crippen LogP contribution in [0.4, 0.5) is 0 Å². The first-order chi connectivity index (χ1) is 12.7. The maximum atomic E-state index is 12.9. The number of fused-ring (bicyclic) bond motifs is 1. The zero-order chi connectivity index (χ0) is 19.9. The highest BCUT2D eigenvalue weighted by Gasteiger charge is 2.40. The Kier molecular flexibility index (Phi) is 4.93. The minimum atomic E-state index is -0.909. The molecule has 1 amide bonds. The molecule has 0 spiro atoms. The molecule has 27 heavy (non-hydrogen) atoms. The van der Waals surface area contributed by atoms with Gasteiger partial charge in [0.05, 0.1) is 5.69 Å². The summed E-state index contributed by atoms with van der Waals surface area (Å²) in [6.45, 7) is 12.1. The van der Waals surface area contributed by atoms with E-state index >= 15 is 0 Å². The number of phenols is 1. The number of H-pyrrole nitrogens is 1. The van der Waals surface area contributed by atoms with E-state index in [1.165, 1.54) is 0 Å². The van der Waals surface area contributed by atoms with E-state index in [1.807, 2.05) is 41.5 Å². The number of aromatic amines is 1. The molecule has 3 N–H and O–H groups in total. The SMILES string of the molecule is Cc1n[nH]c(C)c1CCNC(=O)C1(C)CCc2c(C)c(O)c(C)c(C)c2O1. The fraction of sp³-hybridized carbons (Fsp3) is 0.524. The number of rotatable bonds is 4. The Morgan fingerprint density at radius 2 is 1.93 bits per heavy atom. The number of benzene rings is 1. The Bertz CT molecular complexity index is 881. The molecule has 1 aromatic heterocycles. The predicted octanol–water partition coefficient (Wildman–Crippen LogP) is 3.10. The van der Waals surface area contributed by atoms with Crippen molar-refractivity contribution in [2.75, 3.05) is 6.54 Å². The average molecular weight is 371 g/mol. The highest BCUT2D eigenvalue weighted by Crippen LogP contribution is 2.43. The summed E-state index contributed by atoms with van der Waals surface area (Å²) in [5.74, 6) is 0.969. The van der Waals surface area contributed by atoms with Crippen LogP contribution >= 0.6 is 0 Å². The van der Waals surface area contributed by atoms with Crippen LogP contribution in [0.25, 0.3) is 0 Å². The Balaban J connectivity index is 1.73. The number of carbonyl (C=O) groups excluding carboxylic acids is 1. The number of aromatic nitrogens is 2. The third-order valence-electron chi connectivity index (χ3n) is 5.94. The van der Waals surface area contributed by atoms with Gasteiger partial charge in [-0.15, -0.1) is 0 Å². The van der Waals surface area contributed by atoms with Crippen LogP contribution < -0.4 is 10.1 Å². The van der Waals surface area contributed by atoms with E-state index in [0.717, 1.165) is 51.4 Å². The lowest BCUT2D eigenvalue weighted by Crippen LogP contribution is -2.51. The van der Waals surface area contributed by atoms with Crippen LogP contribution in [0.1, 0.15) is 52.5 Å². The van der Waals surface area contributed by atoms with Crippen molar-refractivity contribution >= 4 is 5.91 Å². The van der Waals surface area contributed by atoms with Crippen LogP contribution in [0.2, 0.25) is 0 Å². The number of amides is 1.